The number of methoxy groups -OCH3 is 1. The Kier molecular flexibility index (Phi) is 4.95. The number of hydrogen-bond acceptors (Lipinski definition) is 4. The van der Waals surface area contributed by atoms with Gasteiger partial charge in [0.25, 0.3) is 0 Å². The largest absolute Gasteiger partial charge is 0.383 e. The lowest BCUT2D eigenvalue weighted by molar-refractivity contribution is 0.199. The Morgan fingerprint density at radius 1 is 1.43 bits per heavy atom. The molecule has 0 radical (unpaired) electrons. The van der Waals surface area contributed by atoms with Crippen LogP contribution in [0.15, 0.2) is 41.6 Å². The molecular formula is C16H21N3OS. The van der Waals surface area contributed by atoms with Gasteiger partial charge < -0.3 is 10.1 Å². The summed E-state index contributed by atoms with van der Waals surface area (Å²) in [6.07, 6.45) is 5.23. The summed E-state index contributed by atoms with van der Waals surface area (Å²) in [5.74, 6) is 0. The van der Waals surface area contributed by atoms with E-state index in [1.807, 2.05) is 18.0 Å². The lowest BCUT2D eigenvalue weighted by Crippen LogP contribution is -2.18. The highest BCUT2D eigenvalue weighted by Crippen LogP contribution is 2.37. The van der Waals surface area contributed by atoms with Crippen LogP contribution in [0.2, 0.25) is 0 Å². The summed E-state index contributed by atoms with van der Waals surface area (Å²) in [5, 5.41) is 8.41. The molecule has 0 saturated heterocycles. The molecule has 0 saturated carbocycles. The summed E-state index contributed by atoms with van der Waals surface area (Å²) in [6.45, 7) is 3.43. The maximum atomic E-state index is 5.02. The maximum absolute atomic E-state index is 5.02. The van der Waals surface area contributed by atoms with Gasteiger partial charge in [-0.15, -0.1) is 11.8 Å². The number of nitrogens with zero attached hydrogens (tertiary/aromatic N) is 2. The fourth-order valence-electron chi connectivity index (χ4n) is 2.57. The van der Waals surface area contributed by atoms with Gasteiger partial charge >= 0.3 is 0 Å². The molecule has 3 rings (SSSR count). The molecule has 0 amide bonds. The molecule has 21 heavy (non-hydrogen) atoms. The average molecular weight is 303 g/mol. The smallest absolute Gasteiger partial charge is 0.0587 e. The van der Waals surface area contributed by atoms with E-state index in [0.29, 0.717) is 5.25 Å². The third-order valence-electron chi connectivity index (χ3n) is 3.60. The van der Waals surface area contributed by atoms with E-state index in [9.17, 15) is 0 Å². The van der Waals surface area contributed by atoms with Gasteiger partial charge in [-0.05, 0) is 18.1 Å². The van der Waals surface area contributed by atoms with E-state index in [4.69, 9.17) is 4.74 Å². The van der Waals surface area contributed by atoms with Crippen molar-refractivity contribution in [2.45, 2.75) is 29.7 Å². The lowest BCUT2D eigenvalue weighted by Gasteiger charge is -2.08. The molecule has 1 aliphatic heterocycles. The number of benzene rings is 1. The third-order valence-corrected chi connectivity index (χ3v) is 4.90. The Bertz CT molecular complexity index is 559. The highest BCUT2D eigenvalue weighted by Gasteiger charge is 2.22. The third kappa shape index (κ3) is 3.87. The van der Waals surface area contributed by atoms with Crippen LogP contribution in [0.5, 0.6) is 0 Å². The normalized spacial score (nSPS) is 17.1. The zero-order valence-electron chi connectivity index (χ0n) is 12.3. The number of hydrogen-bond donors (Lipinski definition) is 1. The van der Waals surface area contributed by atoms with Crippen LogP contribution < -0.4 is 5.32 Å². The highest BCUT2D eigenvalue weighted by atomic mass is 32.2. The van der Waals surface area contributed by atoms with Gasteiger partial charge in [-0.2, -0.15) is 5.10 Å². The summed E-state index contributed by atoms with van der Waals surface area (Å²) in [6, 6.07) is 8.69. The van der Waals surface area contributed by atoms with Gasteiger partial charge in [0.2, 0.25) is 0 Å². The predicted molar refractivity (Wildman–Crippen MR) is 85.6 cm³/mol. The van der Waals surface area contributed by atoms with Crippen LogP contribution in [0.4, 0.5) is 0 Å². The predicted octanol–water partition coefficient (Wildman–Crippen LogP) is 2.34. The zero-order chi connectivity index (χ0) is 14.5. The molecule has 1 aromatic carbocycles. The first kappa shape index (κ1) is 14.6. The maximum Gasteiger partial charge on any atom is 0.0587 e. The van der Waals surface area contributed by atoms with Crippen LogP contribution in [-0.2, 0) is 24.2 Å². The monoisotopic (exact) mass is 303 g/mol. The van der Waals surface area contributed by atoms with E-state index in [-0.39, 0.29) is 0 Å². The zero-order valence-corrected chi connectivity index (χ0v) is 13.1. The van der Waals surface area contributed by atoms with Crippen LogP contribution in [0.1, 0.15) is 11.1 Å². The van der Waals surface area contributed by atoms with E-state index < -0.39 is 0 Å². The summed E-state index contributed by atoms with van der Waals surface area (Å²) in [7, 11) is 1.72. The van der Waals surface area contributed by atoms with Crippen molar-refractivity contribution in [2.75, 3.05) is 20.3 Å². The SMILES string of the molecule is COCCNCc1cnn(CC2Cc3ccccc3S2)c1. The van der Waals surface area contributed by atoms with Gasteiger partial charge in [-0.25, -0.2) is 0 Å². The van der Waals surface area contributed by atoms with Gasteiger partial charge in [0.15, 0.2) is 0 Å². The standard InChI is InChI=1S/C16H21N3OS/c1-20-7-6-17-9-13-10-18-19(11-13)12-15-8-14-4-2-3-5-16(14)21-15/h2-5,10-11,15,17H,6-9,12H2,1H3. The first-order chi connectivity index (χ1) is 10.3. The van der Waals surface area contributed by atoms with E-state index in [0.717, 1.165) is 32.7 Å². The van der Waals surface area contributed by atoms with E-state index in [1.165, 1.54) is 16.0 Å². The van der Waals surface area contributed by atoms with Crippen LogP contribution in [0, 0.1) is 0 Å². The molecule has 1 N–H and O–H groups in total. The highest BCUT2D eigenvalue weighted by molar-refractivity contribution is 8.00. The van der Waals surface area contributed by atoms with Crippen molar-refractivity contribution in [1.82, 2.24) is 15.1 Å². The van der Waals surface area contributed by atoms with Crippen molar-refractivity contribution in [3.8, 4) is 0 Å². The fourth-order valence-corrected chi connectivity index (χ4v) is 3.88. The molecule has 0 spiro atoms. The number of aromatic nitrogens is 2. The van der Waals surface area contributed by atoms with Crippen LogP contribution in [0.3, 0.4) is 0 Å². The van der Waals surface area contributed by atoms with E-state index in [1.54, 1.807) is 7.11 Å². The van der Waals surface area contributed by atoms with Gasteiger partial charge in [0.1, 0.15) is 0 Å². The second kappa shape index (κ2) is 7.11. The average Bonchev–Trinajstić information content (AvgIpc) is 3.10. The minimum Gasteiger partial charge on any atom is -0.383 e. The van der Waals surface area contributed by atoms with Crippen LogP contribution in [0.25, 0.3) is 0 Å². The van der Waals surface area contributed by atoms with Crippen molar-refractivity contribution in [2.24, 2.45) is 0 Å². The first-order valence-corrected chi connectivity index (χ1v) is 8.18. The molecule has 1 atom stereocenters. The number of fused-ring (bicyclic) bond motifs is 1. The number of thioether (sulfide) groups is 1. The second-order valence-electron chi connectivity index (χ2n) is 5.29. The van der Waals surface area contributed by atoms with Crippen molar-refractivity contribution in [3.05, 3.63) is 47.8 Å². The molecule has 0 aliphatic carbocycles. The van der Waals surface area contributed by atoms with Crippen LogP contribution in [-0.4, -0.2) is 35.3 Å². The Morgan fingerprint density at radius 3 is 3.19 bits per heavy atom. The molecule has 1 aliphatic rings. The minimum absolute atomic E-state index is 0.594. The minimum atomic E-state index is 0.594. The second-order valence-corrected chi connectivity index (χ2v) is 6.63. The van der Waals surface area contributed by atoms with Gasteiger partial charge in [0.05, 0.1) is 19.3 Å². The quantitative estimate of drug-likeness (QED) is 0.797. The molecular weight excluding hydrogens is 282 g/mol. The Morgan fingerprint density at radius 2 is 2.33 bits per heavy atom. The van der Waals surface area contributed by atoms with E-state index in [2.05, 4.69) is 45.6 Å². The Balaban J connectivity index is 1.49. The van der Waals surface area contributed by atoms with Crippen molar-refractivity contribution >= 4 is 11.8 Å². The van der Waals surface area contributed by atoms with Gasteiger partial charge in [-0.1, -0.05) is 18.2 Å². The molecule has 5 heteroatoms. The topological polar surface area (TPSA) is 39.1 Å². The molecule has 1 aromatic heterocycles. The molecule has 2 aromatic rings. The number of nitrogens with one attached hydrogen (secondary N) is 1. The first-order valence-electron chi connectivity index (χ1n) is 7.30. The van der Waals surface area contributed by atoms with Crippen molar-refractivity contribution in [1.29, 1.82) is 0 Å². The fraction of sp³-hybridized carbons (Fsp3) is 0.438. The number of ether oxygens (including phenoxy) is 1. The Hall–Kier alpha value is -1.30. The summed E-state index contributed by atoms with van der Waals surface area (Å²) >= 11 is 1.97. The molecule has 0 fully saturated rings. The molecule has 0 bridgehead atoms. The summed E-state index contributed by atoms with van der Waals surface area (Å²) < 4.78 is 7.08. The molecule has 2 heterocycles. The molecule has 4 nitrogen and oxygen atoms in total. The summed E-state index contributed by atoms with van der Waals surface area (Å²) in [4.78, 5) is 1.43. The van der Waals surface area contributed by atoms with Gasteiger partial charge in [0, 0.05) is 42.1 Å². The number of rotatable bonds is 7. The lowest BCUT2D eigenvalue weighted by atomic mass is 10.1. The molecule has 112 valence electrons. The Labute approximate surface area is 129 Å². The summed E-state index contributed by atoms with van der Waals surface area (Å²) in [5.41, 5.74) is 2.70. The molecule has 1 unspecified atom stereocenters. The van der Waals surface area contributed by atoms with Gasteiger partial charge in [-0.3, -0.25) is 4.68 Å². The van der Waals surface area contributed by atoms with Crippen molar-refractivity contribution < 1.29 is 4.74 Å². The van der Waals surface area contributed by atoms with Crippen LogP contribution >= 0.6 is 11.8 Å². The van der Waals surface area contributed by atoms with Crippen molar-refractivity contribution in [3.63, 3.8) is 0 Å². The van der Waals surface area contributed by atoms with E-state index >= 15 is 0 Å².